The lowest BCUT2D eigenvalue weighted by Gasteiger charge is -2.23. The molecule has 8 N–H and O–H groups in total. The molecule has 0 aliphatic carbocycles. The quantitative estimate of drug-likeness (QED) is 0.0300. The Bertz CT molecular complexity index is 2790. The molecule has 8 aromatic carbocycles. The van der Waals surface area contributed by atoms with E-state index in [1.54, 1.807) is 0 Å². The van der Waals surface area contributed by atoms with Gasteiger partial charge >= 0.3 is 0 Å². The van der Waals surface area contributed by atoms with Crippen molar-refractivity contribution in [3.8, 4) is 0 Å². The van der Waals surface area contributed by atoms with Crippen LogP contribution in [0.25, 0.3) is 43.1 Å². The first kappa shape index (κ1) is 56.2. The van der Waals surface area contributed by atoms with Crippen molar-refractivity contribution >= 4 is 112 Å². The van der Waals surface area contributed by atoms with Crippen molar-refractivity contribution in [2.24, 2.45) is 11.8 Å². The number of rotatable bonds is 14. The second-order valence-electron chi connectivity index (χ2n) is 20.2. The van der Waals surface area contributed by atoms with Crippen LogP contribution in [0.3, 0.4) is 0 Å². The van der Waals surface area contributed by atoms with Crippen LogP contribution in [0.2, 0.25) is 0 Å². The summed E-state index contributed by atoms with van der Waals surface area (Å²) in [6.45, 7) is 7.63. The highest BCUT2D eigenvalue weighted by atomic mass is 32.1. The van der Waals surface area contributed by atoms with E-state index in [9.17, 15) is 0 Å². The van der Waals surface area contributed by atoms with Gasteiger partial charge in [0.15, 0.2) is 20.4 Å². The summed E-state index contributed by atoms with van der Waals surface area (Å²) in [7, 11) is 0. The third kappa shape index (κ3) is 15.8. The summed E-state index contributed by atoms with van der Waals surface area (Å²) in [4.78, 5) is 0. The van der Waals surface area contributed by atoms with Crippen LogP contribution >= 0.6 is 48.9 Å². The van der Waals surface area contributed by atoms with Crippen LogP contribution in [-0.2, 0) is 48.9 Å². The first-order valence-corrected chi connectivity index (χ1v) is 29.1. The van der Waals surface area contributed by atoms with Crippen molar-refractivity contribution in [3.63, 3.8) is 0 Å². The fourth-order valence-corrected chi connectivity index (χ4v) is 11.2. The van der Waals surface area contributed by atoms with E-state index in [4.69, 9.17) is 58.3 Å². The highest BCUT2D eigenvalue weighted by Crippen LogP contribution is 2.35. The highest BCUT2D eigenvalue weighted by molar-refractivity contribution is 7.80. The van der Waals surface area contributed by atoms with Crippen LogP contribution in [0.15, 0.2) is 158 Å². The summed E-state index contributed by atoms with van der Waals surface area (Å²) in [6, 6.07) is 55.3. The minimum atomic E-state index is 0.239. The first-order chi connectivity index (χ1) is 38.4. The zero-order chi connectivity index (χ0) is 53.7. The van der Waals surface area contributed by atoms with E-state index in [-0.39, 0.29) is 11.8 Å². The molecule has 0 fully saturated rings. The minimum Gasteiger partial charge on any atom is -0.377 e. The second kappa shape index (κ2) is 29.5. The normalized spacial score (nSPS) is 16.6. The first-order valence-electron chi connectivity index (χ1n) is 27.5. The maximum absolute atomic E-state index is 6.06. The molecule has 8 aromatic rings. The Morgan fingerprint density at radius 3 is 0.808 bits per heavy atom. The average molecular weight is 1110 g/mol. The van der Waals surface area contributed by atoms with Crippen molar-refractivity contribution in [2.75, 3.05) is 39.4 Å². The lowest BCUT2D eigenvalue weighted by Crippen LogP contribution is -2.43. The van der Waals surface area contributed by atoms with Crippen LogP contribution < -0.4 is 42.5 Å². The van der Waals surface area contributed by atoms with Gasteiger partial charge < -0.3 is 52.0 Å². The molecule has 14 heteroatoms. The van der Waals surface area contributed by atoms with Gasteiger partial charge in [0.25, 0.3) is 0 Å². The smallest absolute Gasteiger partial charge is 0.166 e. The van der Waals surface area contributed by atoms with Gasteiger partial charge in [0.1, 0.15) is 0 Å². The topological polar surface area (TPSA) is 115 Å². The molecule has 10 nitrogen and oxygen atoms in total. The van der Waals surface area contributed by atoms with Gasteiger partial charge in [-0.15, -0.1) is 0 Å². The van der Waals surface area contributed by atoms with E-state index >= 15 is 0 Å². The van der Waals surface area contributed by atoms with Crippen molar-refractivity contribution in [3.05, 3.63) is 191 Å². The van der Waals surface area contributed by atoms with Crippen LogP contribution in [-0.4, -0.2) is 59.8 Å². The predicted octanol–water partition coefficient (Wildman–Crippen LogP) is 11.9. The number of hydrogen-bond donors (Lipinski definition) is 8. The van der Waals surface area contributed by atoms with Gasteiger partial charge in [0.05, 0.1) is 13.2 Å². The molecule has 1 aliphatic rings. The molecule has 0 atom stereocenters. The Balaban J connectivity index is 0.934. The minimum absolute atomic E-state index is 0.239. The summed E-state index contributed by atoms with van der Waals surface area (Å²) >= 11 is 24.1. The van der Waals surface area contributed by atoms with Gasteiger partial charge in [-0.05, 0) is 163 Å². The zero-order valence-corrected chi connectivity index (χ0v) is 47.6. The summed E-state index contributed by atoms with van der Waals surface area (Å²) in [6.07, 6.45) is 5.89. The van der Waals surface area contributed by atoms with Crippen molar-refractivity contribution in [1.82, 2.24) is 42.5 Å². The van der Waals surface area contributed by atoms with E-state index in [2.05, 4.69) is 188 Å². The molecule has 0 spiro atoms. The standard InChI is InChI=1S/C64H72N8O2S4/c75-61-65-35-47(23-15-17-33-73-43-45-19-3-1-4-20-45)36-66-62(76)70-40-58-51-27-9-13-31-55(51)60(56-32-14-10-28-52(56)58)42-72-64(78)68-38-48(24-16-18-34-74-44-46-21-5-2-6-22-46)37-67-63(77)71-41-59-53-29-11-7-25-49(53)57(39-69-61)50-26-8-12-30-54(50)59/h1-14,19-22,25-32,47-48H,15-18,23-24,33-44H2,(H2,65,69,75)(H2,66,70,76)(H2,67,71,77)(H2,68,72,78). The third-order valence-electron chi connectivity index (χ3n) is 14.7. The number of thiocarbonyl (C=S) groups is 4. The number of nitrogens with one attached hydrogen (secondary N) is 8. The second-order valence-corrected chi connectivity index (χ2v) is 21.8. The van der Waals surface area contributed by atoms with Gasteiger partial charge in [-0.2, -0.15) is 0 Å². The average Bonchev–Trinajstić information content (AvgIpc) is 3.68. The summed E-state index contributed by atoms with van der Waals surface area (Å²) < 4.78 is 12.1. The Kier molecular flexibility index (Phi) is 21.2. The van der Waals surface area contributed by atoms with E-state index < -0.39 is 0 Å². The zero-order valence-electron chi connectivity index (χ0n) is 44.3. The molecule has 78 heavy (non-hydrogen) atoms. The van der Waals surface area contributed by atoms with Crippen molar-refractivity contribution in [1.29, 1.82) is 0 Å². The maximum atomic E-state index is 6.06. The number of benzene rings is 8. The summed E-state index contributed by atoms with van der Waals surface area (Å²) in [5.41, 5.74) is 7.16. The Labute approximate surface area is 481 Å². The molecule has 4 bridgehead atoms. The molecule has 0 unspecified atom stereocenters. The van der Waals surface area contributed by atoms with E-state index in [1.165, 1.54) is 76.5 Å². The molecule has 1 aliphatic heterocycles. The molecule has 0 saturated heterocycles. The lowest BCUT2D eigenvalue weighted by molar-refractivity contribution is 0.116. The number of unbranched alkanes of at least 4 members (excludes halogenated alkanes) is 2. The molecular formula is C64H72N8O2S4. The van der Waals surface area contributed by atoms with Crippen LogP contribution in [0, 0.1) is 11.8 Å². The highest BCUT2D eigenvalue weighted by Gasteiger charge is 2.19. The Morgan fingerprint density at radius 1 is 0.308 bits per heavy atom. The van der Waals surface area contributed by atoms with E-state index in [1.807, 2.05) is 12.1 Å². The molecule has 9 rings (SSSR count). The molecular weight excluding hydrogens is 1040 g/mol. The lowest BCUT2D eigenvalue weighted by atomic mass is 9.91. The molecule has 0 saturated carbocycles. The Hall–Kier alpha value is -6.52. The van der Waals surface area contributed by atoms with Gasteiger partial charge in [-0.1, -0.05) is 171 Å². The molecule has 1 heterocycles. The van der Waals surface area contributed by atoms with Gasteiger partial charge in [-0.25, -0.2) is 0 Å². The van der Waals surface area contributed by atoms with E-state index in [0.717, 1.165) is 38.5 Å². The molecule has 404 valence electrons. The molecule has 0 radical (unpaired) electrons. The largest absolute Gasteiger partial charge is 0.377 e. The van der Waals surface area contributed by atoms with Crippen LogP contribution in [0.1, 0.15) is 71.9 Å². The predicted molar refractivity (Wildman–Crippen MR) is 340 cm³/mol. The van der Waals surface area contributed by atoms with Crippen molar-refractivity contribution < 1.29 is 9.47 Å². The summed E-state index contributed by atoms with van der Waals surface area (Å²) in [5, 5.41) is 40.7. The Morgan fingerprint density at radius 2 is 0.551 bits per heavy atom. The maximum Gasteiger partial charge on any atom is 0.166 e. The number of hydrogen-bond acceptors (Lipinski definition) is 6. The van der Waals surface area contributed by atoms with Crippen LogP contribution in [0.5, 0.6) is 0 Å². The number of ether oxygens (including phenoxy) is 2. The van der Waals surface area contributed by atoms with Gasteiger partial charge in [-0.3, -0.25) is 0 Å². The third-order valence-corrected chi connectivity index (χ3v) is 15.9. The monoisotopic (exact) mass is 1110 g/mol. The number of fused-ring (bicyclic) bond motifs is 6. The molecule has 0 amide bonds. The fraction of sp³-hybridized carbons (Fsp3) is 0.312. The summed E-state index contributed by atoms with van der Waals surface area (Å²) in [5.74, 6) is 0.478. The SMILES string of the molecule is S=C1NCc2c3ccccc3c(c3ccccc23)CNC(=S)NCC(CCCCOCc2ccccc2)CNC(=S)NCc2c3ccccc3c(c3ccccc23)CNC(=S)NCC(CCCCOCc2ccccc2)CN1. The van der Waals surface area contributed by atoms with Gasteiger partial charge in [0, 0.05) is 65.6 Å². The van der Waals surface area contributed by atoms with Gasteiger partial charge in [0.2, 0.25) is 0 Å². The fourth-order valence-electron chi connectivity index (χ4n) is 10.6. The van der Waals surface area contributed by atoms with Crippen molar-refractivity contribution in [2.45, 2.75) is 77.9 Å². The van der Waals surface area contributed by atoms with E-state index in [0.29, 0.717) is 99.2 Å². The van der Waals surface area contributed by atoms with Crippen LogP contribution in [0.4, 0.5) is 0 Å². The molecule has 0 aromatic heterocycles.